The first-order chi connectivity index (χ1) is 12.3. The van der Waals surface area contributed by atoms with Crippen LogP contribution in [0, 0.1) is 0 Å². The van der Waals surface area contributed by atoms with Crippen molar-refractivity contribution in [3.05, 3.63) is 35.9 Å². The number of nitrogens with zero attached hydrogens (tertiary/aromatic N) is 2. The third-order valence-electron chi connectivity index (χ3n) is 5.69. The average Bonchev–Trinajstić information content (AvgIpc) is 3.20. The molecule has 25 heavy (non-hydrogen) atoms. The number of aliphatic hydroxyl groups is 1. The number of amides is 2. The molecule has 1 aromatic rings. The Morgan fingerprint density at radius 1 is 1.12 bits per heavy atom. The summed E-state index contributed by atoms with van der Waals surface area (Å²) >= 11 is 0. The molecule has 1 unspecified atom stereocenters. The van der Waals surface area contributed by atoms with Gasteiger partial charge in [-0.3, -0.25) is 4.90 Å². The van der Waals surface area contributed by atoms with Crippen molar-refractivity contribution in [1.82, 2.24) is 15.1 Å². The predicted molar refractivity (Wildman–Crippen MR) is 99.7 cm³/mol. The lowest BCUT2D eigenvalue weighted by Gasteiger charge is -2.38. The van der Waals surface area contributed by atoms with Crippen molar-refractivity contribution < 1.29 is 9.90 Å². The van der Waals surface area contributed by atoms with E-state index < -0.39 is 0 Å². The summed E-state index contributed by atoms with van der Waals surface area (Å²) in [6, 6.07) is 10.9. The summed E-state index contributed by atoms with van der Waals surface area (Å²) in [5, 5.41) is 12.4. The third-order valence-corrected chi connectivity index (χ3v) is 5.69. The van der Waals surface area contributed by atoms with Crippen LogP contribution < -0.4 is 5.32 Å². The van der Waals surface area contributed by atoms with E-state index in [9.17, 15) is 9.90 Å². The zero-order valence-corrected chi connectivity index (χ0v) is 15.1. The fourth-order valence-electron chi connectivity index (χ4n) is 4.15. The Labute approximate surface area is 151 Å². The zero-order chi connectivity index (χ0) is 17.5. The van der Waals surface area contributed by atoms with Crippen LogP contribution in [0.1, 0.15) is 43.6 Å². The monoisotopic (exact) mass is 345 g/mol. The van der Waals surface area contributed by atoms with Gasteiger partial charge in [-0.15, -0.1) is 0 Å². The van der Waals surface area contributed by atoms with Crippen molar-refractivity contribution in [2.75, 3.05) is 39.3 Å². The van der Waals surface area contributed by atoms with E-state index in [1.807, 2.05) is 23.1 Å². The Morgan fingerprint density at radius 3 is 2.44 bits per heavy atom. The first-order valence-corrected chi connectivity index (χ1v) is 9.70. The van der Waals surface area contributed by atoms with Gasteiger partial charge in [-0.25, -0.2) is 4.79 Å². The smallest absolute Gasteiger partial charge is 0.317 e. The summed E-state index contributed by atoms with van der Waals surface area (Å²) in [4.78, 5) is 17.0. The molecule has 2 fully saturated rings. The van der Waals surface area contributed by atoms with E-state index in [2.05, 4.69) is 22.3 Å². The minimum absolute atomic E-state index is 0.0324. The number of hydrogen-bond donors (Lipinski definition) is 2. The van der Waals surface area contributed by atoms with Gasteiger partial charge in [0.15, 0.2) is 0 Å². The van der Waals surface area contributed by atoms with Crippen LogP contribution in [0.5, 0.6) is 0 Å². The summed E-state index contributed by atoms with van der Waals surface area (Å²) in [6.07, 6.45) is 6.03. The number of aliphatic hydroxyl groups excluding tert-OH is 1. The van der Waals surface area contributed by atoms with Crippen LogP contribution in [0.3, 0.4) is 0 Å². The molecule has 0 radical (unpaired) electrons. The fraction of sp³-hybridized carbons (Fsp3) is 0.650. The van der Waals surface area contributed by atoms with Gasteiger partial charge in [0.1, 0.15) is 0 Å². The normalized spacial score (nSPS) is 20.6. The van der Waals surface area contributed by atoms with Crippen LogP contribution in [-0.4, -0.2) is 66.3 Å². The Bertz CT molecular complexity index is 523. The molecule has 0 aromatic heterocycles. The van der Waals surface area contributed by atoms with Crippen molar-refractivity contribution >= 4 is 6.03 Å². The maximum Gasteiger partial charge on any atom is 0.317 e. The molecule has 2 amide bonds. The van der Waals surface area contributed by atoms with E-state index in [-0.39, 0.29) is 18.6 Å². The standard InChI is InChI=1S/C20H31N3O2/c24-15-10-18(17-6-2-1-3-7-17)16-21-20(25)23-13-11-22(12-14-23)19-8-4-5-9-19/h1-3,6-7,18-19,24H,4-5,8-16H2,(H,21,25). The number of carbonyl (C=O) groups is 1. The molecule has 2 N–H and O–H groups in total. The highest BCUT2D eigenvalue weighted by molar-refractivity contribution is 5.74. The molecular formula is C20H31N3O2. The lowest BCUT2D eigenvalue weighted by atomic mass is 9.96. The average molecular weight is 345 g/mol. The highest BCUT2D eigenvalue weighted by Crippen LogP contribution is 2.24. The number of piperazine rings is 1. The molecule has 0 bridgehead atoms. The number of hydrogen-bond acceptors (Lipinski definition) is 3. The Hall–Kier alpha value is -1.59. The van der Waals surface area contributed by atoms with Crippen molar-refractivity contribution in [2.24, 2.45) is 0 Å². The van der Waals surface area contributed by atoms with E-state index in [1.165, 1.54) is 31.2 Å². The second kappa shape index (κ2) is 9.20. The van der Waals surface area contributed by atoms with Crippen LogP contribution >= 0.6 is 0 Å². The summed E-state index contributed by atoms with van der Waals surface area (Å²) < 4.78 is 0. The van der Waals surface area contributed by atoms with Crippen LogP contribution in [-0.2, 0) is 0 Å². The second-order valence-electron chi connectivity index (χ2n) is 7.27. The van der Waals surface area contributed by atoms with Crippen LogP contribution in [0.4, 0.5) is 4.79 Å². The zero-order valence-electron chi connectivity index (χ0n) is 15.1. The lowest BCUT2D eigenvalue weighted by Crippen LogP contribution is -2.54. The van der Waals surface area contributed by atoms with Gasteiger partial charge in [-0.2, -0.15) is 0 Å². The Balaban J connectivity index is 1.45. The minimum atomic E-state index is 0.0324. The maximum absolute atomic E-state index is 12.5. The van der Waals surface area contributed by atoms with E-state index in [1.54, 1.807) is 0 Å². The SMILES string of the molecule is O=C(NCC(CCO)c1ccccc1)N1CCN(C2CCCC2)CC1. The molecule has 0 spiro atoms. The first kappa shape index (κ1) is 18.2. The molecule has 1 heterocycles. The van der Waals surface area contributed by atoms with Crippen LogP contribution in [0.2, 0.25) is 0 Å². The van der Waals surface area contributed by atoms with Gasteiger partial charge in [0.25, 0.3) is 0 Å². The van der Waals surface area contributed by atoms with Crippen molar-refractivity contribution in [3.63, 3.8) is 0 Å². The van der Waals surface area contributed by atoms with Crippen LogP contribution in [0.15, 0.2) is 30.3 Å². The molecule has 1 saturated carbocycles. The number of urea groups is 1. The molecule has 3 rings (SSSR count). The number of benzene rings is 1. The molecule has 2 aliphatic rings. The molecular weight excluding hydrogens is 314 g/mol. The molecule has 5 heteroatoms. The summed E-state index contributed by atoms with van der Waals surface area (Å²) in [7, 11) is 0. The summed E-state index contributed by atoms with van der Waals surface area (Å²) in [5.74, 6) is 0.162. The molecule has 1 aromatic carbocycles. The minimum Gasteiger partial charge on any atom is -0.396 e. The van der Waals surface area contributed by atoms with E-state index in [0.29, 0.717) is 13.0 Å². The molecule has 1 saturated heterocycles. The summed E-state index contributed by atoms with van der Waals surface area (Å²) in [6.45, 7) is 4.34. The highest BCUT2D eigenvalue weighted by Gasteiger charge is 2.28. The van der Waals surface area contributed by atoms with E-state index in [0.717, 1.165) is 32.2 Å². The molecule has 1 aliphatic carbocycles. The quantitative estimate of drug-likeness (QED) is 0.832. The summed E-state index contributed by atoms with van der Waals surface area (Å²) in [5.41, 5.74) is 1.17. The third kappa shape index (κ3) is 4.95. The van der Waals surface area contributed by atoms with E-state index >= 15 is 0 Å². The van der Waals surface area contributed by atoms with Gasteiger partial charge in [0, 0.05) is 51.3 Å². The van der Waals surface area contributed by atoms with Crippen molar-refractivity contribution in [1.29, 1.82) is 0 Å². The first-order valence-electron chi connectivity index (χ1n) is 9.70. The lowest BCUT2D eigenvalue weighted by molar-refractivity contribution is 0.109. The van der Waals surface area contributed by atoms with Gasteiger partial charge in [-0.05, 0) is 24.8 Å². The van der Waals surface area contributed by atoms with Gasteiger partial charge in [0.2, 0.25) is 0 Å². The van der Waals surface area contributed by atoms with Crippen LogP contribution in [0.25, 0.3) is 0 Å². The molecule has 1 atom stereocenters. The fourth-order valence-corrected chi connectivity index (χ4v) is 4.15. The van der Waals surface area contributed by atoms with Gasteiger partial charge in [-0.1, -0.05) is 43.2 Å². The highest BCUT2D eigenvalue weighted by atomic mass is 16.3. The molecule has 1 aliphatic heterocycles. The largest absolute Gasteiger partial charge is 0.396 e. The number of nitrogens with one attached hydrogen (secondary N) is 1. The Morgan fingerprint density at radius 2 is 1.80 bits per heavy atom. The van der Waals surface area contributed by atoms with Gasteiger partial charge < -0.3 is 15.3 Å². The van der Waals surface area contributed by atoms with Gasteiger partial charge >= 0.3 is 6.03 Å². The Kier molecular flexibility index (Phi) is 6.70. The van der Waals surface area contributed by atoms with Gasteiger partial charge in [0.05, 0.1) is 0 Å². The predicted octanol–water partition coefficient (Wildman–Crippen LogP) is 2.42. The maximum atomic E-state index is 12.5. The molecule has 138 valence electrons. The molecule has 5 nitrogen and oxygen atoms in total. The van der Waals surface area contributed by atoms with Crippen molar-refractivity contribution in [3.8, 4) is 0 Å². The van der Waals surface area contributed by atoms with E-state index in [4.69, 9.17) is 0 Å². The second-order valence-corrected chi connectivity index (χ2v) is 7.27. The number of carbonyl (C=O) groups excluding carboxylic acids is 1. The van der Waals surface area contributed by atoms with Crippen molar-refractivity contribution in [2.45, 2.75) is 44.1 Å². The number of rotatable bonds is 6. The topological polar surface area (TPSA) is 55.8 Å².